The lowest BCUT2D eigenvalue weighted by Crippen LogP contribution is -2.39. The molecule has 1 fully saturated rings. The average molecular weight is 259 g/mol. The zero-order valence-corrected chi connectivity index (χ0v) is 10.3. The molecule has 7 heteroatoms. The lowest BCUT2D eigenvalue weighted by atomic mass is 10.2. The zero-order valence-electron chi connectivity index (χ0n) is 9.49. The number of nitrogens with one attached hydrogen (secondary N) is 1. The normalized spacial score (nSPS) is 27.4. The van der Waals surface area contributed by atoms with Crippen molar-refractivity contribution < 1.29 is 13.5 Å². The van der Waals surface area contributed by atoms with Crippen LogP contribution in [0.25, 0.3) is 0 Å². The van der Waals surface area contributed by atoms with E-state index in [1.54, 1.807) is 6.20 Å². The summed E-state index contributed by atoms with van der Waals surface area (Å²) in [5.41, 5.74) is 0. The Labute approximate surface area is 101 Å². The molecule has 1 aromatic heterocycles. The molecule has 2 heterocycles. The van der Waals surface area contributed by atoms with Crippen molar-refractivity contribution in [3.63, 3.8) is 0 Å². The summed E-state index contributed by atoms with van der Waals surface area (Å²) < 4.78 is 24.3. The second-order valence-electron chi connectivity index (χ2n) is 4.33. The highest BCUT2D eigenvalue weighted by Gasteiger charge is 2.35. The lowest BCUT2D eigenvalue weighted by molar-refractivity contribution is 0.166. The third-order valence-electron chi connectivity index (χ3n) is 2.85. The second kappa shape index (κ2) is 5.16. The maximum absolute atomic E-state index is 11.3. The molecule has 1 aliphatic rings. The van der Waals surface area contributed by atoms with E-state index in [0.717, 1.165) is 13.0 Å². The van der Waals surface area contributed by atoms with Crippen LogP contribution in [0.4, 0.5) is 0 Å². The van der Waals surface area contributed by atoms with Gasteiger partial charge in [0.25, 0.3) is 0 Å². The fourth-order valence-corrected chi connectivity index (χ4v) is 3.76. The Morgan fingerprint density at radius 2 is 2.29 bits per heavy atom. The summed E-state index contributed by atoms with van der Waals surface area (Å²) in [5, 5.41) is 16.7. The van der Waals surface area contributed by atoms with Crippen LogP contribution in [-0.2, 0) is 16.4 Å². The van der Waals surface area contributed by atoms with Crippen molar-refractivity contribution in [2.24, 2.45) is 0 Å². The number of nitrogens with zero attached hydrogens (tertiary/aromatic N) is 2. The van der Waals surface area contributed by atoms with Crippen LogP contribution in [0, 0.1) is 0 Å². The van der Waals surface area contributed by atoms with Gasteiger partial charge in [-0.2, -0.15) is 5.10 Å². The third-order valence-corrected chi connectivity index (χ3v) is 4.57. The van der Waals surface area contributed by atoms with Gasteiger partial charge < -0.3 is 10.4 Å². The van der Waals surface area contributed by atoms with E-state index in [1.807, 2.05) is 16.9 Å². The number of hydrogen-bond donors (Lipinski definition) is 2. The molecule has 0 amide bonds. The van der Waals surface area contributed by atoms with Crippen molar-refractivity contribution in [2.45, 2.75) is 25.1 Å². The molecule has 2 unspecified atom stereocenters. The van der Waals surface area contributed by atoms with Crippen molar-refractivity contribution >= 4 is 9.84 Å². The Kier molecular flexibility index (Phi) is 3.80. The minimum atomic E-state index is -3.06. The van der Waals surface area contributed by atoms with Crippen LogP contribution >= 0.6 is 0 Å². The molecule has 0 spiro atoms. The summed E-state index contributed by atoms with van der Waals surface area (Å²) in [4.78, 5) is 0. The molecule has 2 rings (SSSR count). The Hall–Kier alpha value is -0.920. The van der Waals surface area contributed by atoms with E-state index < -0.39 is 15.9 Å². The zero-order chi connectivity index (χ0) is 12.3. The fraction of sp³-hybridized carbons (Fsp3) is 0.700. The van der Waals surface area contributed by atoms with E-state index in [1.165, 1.54) is 0 Å². The first-order chi connectivity index (χ1) is 8.07. The standard InChI is InChI=1S/C10H17N3O3S/c14-10-8-17(15,16)7-9(10)11-3-1-5-13-6-2-4-12-13/h2,4,6,9-11,14H,1,3,5,7-8H2. The Morgan fingerprint density at radius 3 is 2.88 bits per heavy atom. The SMILES string of the molecule is O=S1(=O)CC(O)C(NCCCn2cccn2)C1. The molecule has 96 valence electrons. The van der Waals surface area contributed by atoms with Crippen molar-refractivity contribution in [1.82, 2.24) is 15.1 Å². The van der Waals surface area contributed by atoms with Crippen molar-refractivity contribution in [1.29, 1.82) is 0 Å². The Bertz CT molecular complexity index is 443. The first-order valence-corrected chi connectivity index (χ1v) is 7.48. The summed E-state index contributed by atoms with van der Waals surface area (Å²) in [6.45, 7) is 1.46. The quantitative estimate of drug-likeness (QED) is 0.664. The number of sulfone groups is 1. The van der Waals surface area contributed by atoms with E-state index in [0.29, 0.717) is 6.54 Å². The van der Waals surface area contributed by atoms with Crippen LogP contribution in [-0.4, -0.2) is 53.5 Å². The van der Waals surface area contributed by atoms with E-state index in [-0.39, 0.29) is 17.5 Å². The molecule has 1 aromatic rings. The van der Waals surface area contributed by atoms with E-state index in [4.69, 9.17) is 0 Å². The van der Waals surface area contributed by atoms with Gasteiger partial charge in [0.05, 0.1) is 17.6 Å². The molecule has 0 saturated carbocycles. The second-order valence-corrected chi connectivity index (χ2v) is 6.48. The van der Waals surface area contributed by atoms with Gasteiger partial charge in [0, 0.05) is 25.0 Å². The number of hydrogen-bond acceptors (Lipinski definition) is 5. The molecule has 0 radical (unpaired) electrons. The van der Waals surface area contributed by atoms with Crippen LogP contribution in [0.2, 0.25) is 0 Å². The van der Waals surface area contributed by atoms with Crippen LogP contribution < -0.4 is 5.32 Å². The van der Waals surface area contributed by atoms with Crippen LogP contribution in [0.15, 0.2) is 18.5 Å². The van der Waals surface area contributed by atoms with Gasteiger partial charge >= 0.3 is 0 Å². The molecule has 2 N–H and O–H groups in total. The predicted molar refractivity (Wildman–Crippen MR) is 63.3 cm³/mol. The van der Waals surface area contributed by atoms with Gasteiger partial charge in [-0.15, -0.1) is 0 Å². The summed E-state index contributed by atoms with van der Waals surface area (Å²) in [6.07, 6.45) is 3.69. The molecule has 0 bridgehead atoms. The van der Waals surface area contributed by atoms with Gasteiger partial charge in [-0.05, 0) is 19.0 Å². The van der Waals surface area contributed by atoms with Crippen LogP contribution in [0.1, 0.15) is 6.42 Å². The number of rotatable bonds is 5. The smallest absolute Gasteiger partial charge is 0.154 e. The highest BCUT2D eigenvalue weighted by Crippen LogP contribution is 2.12. The average Bonchev–Trinajstić information content (AvgIpc) is 2.81. The number of aliphatic hydroxyl groups excluding tert-OH is 1. The van der Waals surface area contributed by atoms with Gasteiger partial charge in [-0.25, -0.2) is 8.42 Å². The topological polar surface area (TPSA) is 84.2 Å². The summed E-state index contributed by atoms with van der Waals surface area (Å²) >= 11 is 0. The monoisotopic (exact) mass is 259 g/mol. The minimum absolute atomic E-state index is 0.0376. The first kappa shape index (κ1) is 12.5. The molecular formula is C10H17N3O3S. The van der Waals surface area contributed by atoms with Crippen molar-refractivity contribution in [3.05, 3.63) is 18.5 Å². The molecule has 1 aliphatic heterocycles. The predicted octanol–water partition coefficient (Wildman–Crippen LogP) is -0.979. The van der Waals surface area contributed by atoms with Crippen molar-refractivity contribution in [3.8, 4) is 0 Å². The molecule has 17 heavy (non-hydrogen) atoms. The molecule has 1 saturated heterocycles. The Morgan fingerprint density at radius 1 is 1.47 bits per heavy atom. The largest absolute Gasteiger partial charge is 0.390 e. The maximum atomic E-state index is 11.3. The van der Waals surface area contributed by atoms with E-state index in [2.05, 4.69) is 10.4 Å². The number of aromatic nitrogens is 2. The molecule has 0 aromatic carbocycles. The lowest BCUT2D eigenvalue weighted by Gasteiger charge is -2.14. The molecular weight excluding hydrogens is 242 g/mol. The third kappa shape index (κ3) is 3.52. The highest BCUT2D eigenvalue weighted by atomic mass is 32.2. The molecule has 2 atom stereocenters. The van der Waals surface area contributed by atoms with Gasteiger partial charge in [0.1, 0.15) is 0 Å². The van der Waals surface area contributed by atoms with Gasteiger partial charge in [-0.1, -0.05) is 0 Å². The minimum Gasteiger partial charge on any atom is -0.390 e. The molecule has 6 nitrogen and oxygen atoms in total. The molecule has 0 aliphatic carbocycles. The van der Waals surface area contributed by atoms with E-state index in [9.17, 15) is 13.5 Å². The fourth-order valence-electron chi connectivity index (χ4n) is 1.99. The van der Waals surface area contributed by atoms with Gasteiger partial charge in [0.15, 0.2) is 9.84 Å². The van der Waals surface area contributed by atoms with Crippen LogP contribution in [0.3, 0.4) is 0 Å². The Balaban J connectivity index is 1.69. The summed E-state index contributed by atoms with van der Waals surface area (Å²) in [5.74, 6) is -0.0836. The van der Waals surface area contributed by atoms with Crippen LogP contribution in [0.5, 0.6) is 0 Å². The van der Waals surface area contributed by atoms with E-state index >= 15 is 0 Å². The van der Waals surface area contributed by atoms with Gasteiger partial charge in [-0.3, -0.25) is 4.68 Å². The maximum Gasteiger partial charge on any atom is 0.154 e. The summed E-state index contributed by atoms with van der Waals surface area (Å²) in [7, 11) is -3.06. The first-order valence-electron chi connectivity index (χ1n) is 5.66. The van der Waals surface area contributed by atoms with Gasteiger partial charge in [0.2, 0.25) is 0 Å². The number of aryl methyl sites for hydroxylation is 1. The highest BCUT2D eigenvalue weighted by molar-refractivity contribution is 7.91. The number of aliphatic hydroxyl groups is 1. The van der Waals surface area contributed by atoms with Crippen molar-refractivity contribution in [2.75, 3.05) is 18.1 Å². The summed E-state index contributed by atoms with van der Waals surface area (Å²) in [6, 6.07) is 1.54.